The molecule has 1 aromatic heterocycles. The van der Waals surface area contributed by atoms with Gasteiger partial charge >= 0.3 is 12.3 Å². The quantitative estimate of drug-likeness (QED) is 0.485. The average molecular weight is 265 g/mol. The summed E-state index contributed by atoms with van der Waals surface area (Å²) in [4.78, 5) is 3.73. The van der Waals surface area contributed by atoms with E-state index in [0.29, 0.717) is 5.69 Å². The zero-order valence-corrected chi connectivity index (χ0v) is 9.38. The molecule has 0 amide bonds. The Morgan fingerprint density at radius 3 is 2.61 bits per heavy atom. The Morgan fingerprint density at radius 2 is 2.11 bits per heavy atom. The molecule has 1 rings (SSSR count). The van der Waals surface area contributed by atoms with E-state index < -0.39 is 19.0 Å². The normalized spacial score (nSPS) is 11.7. The van der Waals surface area contributed by atoms with Crippen LogP contribution in [-0.4, -0.2) is 29.8 Å². The molecule has 100 valence electrons. The first-order valence-corrected chi connectivity index (χ1v) is 4.84. The molecule has 18 heavy (non-hydrogen) atoms. The van der Waals surface area contributed by atoms with Gasteiger partial charge in [0.2, 0.25) is 5.88 Å². The Labute approximate surface area is 100 Å². The molecule has 0 aliphatic carbocycles. The van der Waals surface area contributed by atoms with Crippen LogP contribution >= 0.6 is 0 Å². The van der Waals surface area contributed by atoms with Gasteiger partial charge < -0.3 is 10.5 Å². The van der Waals surface area contributed by atoms with Gasteiger partial charge in [0.05, 0.1) is 0 Å². The van der Waals surface area contributed by atoms with Crippen molar-refractivity contribution in [3.05, 3.63) is 23.4 Å². The van der Waals surface area contributed by atoms with Gasteiger partial charge in [-0.2, -0.15) is 8.78 Å². The number of hydrogen-bond donors (Lipinski definition) is 2. The first-order valence-electron chi connectivity index (χ1n) is 4.84. The van der Waals surface area contributed by atoms with Crippen molar-refractivity contribution in [3.63, 3.8) is 0 Å². The van der Waals surface area contributed by atoms with Crippen LogP contribution in [0.2, 0.25) is 0 Å². The summed E-state index contributed by atoms with van der Waals surface area (Å²) >= 11 is 0. The Hall–Kier alpha value is -1.86. The molecule has 0 aliphatic rings. The maximum Gasteiger partial charge on any atom is 0.340 e. The van der Waals surface area contributed by atoms with Crippen LogP contribution in [0, 0.1) is 12.3 Å². The summed E-state index contributed by atoms with van der Waals surface area (Å²) in [5.41, 5.74) is 5.81. The van der Waals surface area contributed by atoms with Gasteiger partial charge in [-0.05, 0) is 13.0 Å². The zero-order chi connectivity index (χ0) is 13.9. The number of hydrogen-bond acceptors (Lipinski definition) is 3. The van der Waals surface area contributed by atoms with Crippen LogP contribution in [-0.2, 0) is 0 Å². The lowest BCUT2D eigenvalue weighted by Crippen LogP contribution is -2.34. The number of nitrogens with zero attached hydrogens (tertiary/aromatic N) is 1. The van der Waals surface area contributed by atoms with E-state index in [1.54, 1.807) is 0 Å². The maximum absolute atomic E-state index is 12.6. The van der Waals surface area contributed by atoms with Gasteiger partial charge in [-0.25, -0.2) is 13.8 Å². The summed E-state index contributed by atoms with van der Waals surface area (Å²) in [6.45, 7) is 0.0447. The number of aryl methyl sites for hydroxylation is 1. The Balaban J connectivity index is 2.83. The molecule has 0 spiro atoms. The molecule has 0 bridgehead atoms. The fourth-order valence-electron chi connectivity index (χ4n) is 1.10. The lowest BCUT2D eigenvalue weighted by Gasteiger charge is -2.16. The van der Waals surface area contributed by atoms with Crippen molar-refractivity contribution in [1.82, 2.24) is 4.98 Å². The van der Waals surface area contributed by atoms with Gasteiger partial charge in [0.25, 0.3) is 0 Å². The van der Waals surface area contributed by atoms with E-state index in [1.807, 2.05) is 0 Å². The molecule has 0 atom stereocenters. The van der Waals surface area contributed by atoms with Gasteiger partial charge in [-0.1, -0.05) is 0 Å². The third-order valence-electron chi connectivity index (χ3n) is 1.97. The lowest BCUT2D eigenvalue weighted by molar-refractivity contribution is -0.148. The number of ether oxygens (including phenoxy) is 1. The first-order chi connectivity index (χ1) is 8.22. The van der Waals surface area contributed by atoms with Crippen molar-refractivity contribution in [2.75, 3.05) is 6.61 Å². The van der Waals surface area contributed by atoms with E-state index in [1.165, 1.54) is 13.0 Å². The number of pyridine rings is 1. The molecule has 0 radical (unpaired) electrons. The highest BCUT2D eigenvalue weighted by Crippen LogP contribution is 2.24. The highest BCUT2D eigenvalue weighted by molar-refractivity contribution is 5.95. The van der Waals surface area contributed by atoms with Crippen molar-refractivity contribution in [2.45, 2.75) is 19.3 Å². The number of nitrogen functional groups attached to an aromatic ring is 1. The van der Waals surface area contributed by atoms with Gasteiger partial charge in [0.1, 0.15) is 5.84 Å². The second-order valence-electron chi connectivity index (χ2n) is 3.60. The van der Waals surface area contributed by atoms with E-state index in [-0.39, 0.29) is 17.3 Å². The van der Waals surface area contributed by atoms with Crippen LogP contribution in [0.1, 0.15) is 11.3 Å². The molecular formula is C10H11F4N3O. The lowest BCUT2D eigenvalue weighted by atomic mass is 10.2. The van der Waals surface area contributed by atoms with Crippen molar-refractivity contribution >= 4 is 5.84 Å². The number of aromatic nitrogens is 1. The molecule has 1 heterocycles. The summed E-state index contributed by atoms with van der Waals surface area (Å²) in [5.74, 6) is -4.83. The molecule has 0 aromatic carbocycles. The molecule has 1 aromatic rings. The fourth-order valence-corrected chi connectivity index (χ4v) is 1.10. The van der Waals surface area contributed by atoms with Gasteiger partial charge in [0, 0.05) is 17.3 Å². The maximum atomic E-state index is 12.6. The highest BCUT2D eigenvalue weighted by Gasteiger charge is 2.41. The van der Waals surface area contributed by atoms with E-state index in [9.17, 15) is 17.6 Å². The molecular weight excluding hydrogens is 254 g/mol. The van der Waals surface area contributed by atoms with Crippen molar-refractivity contribution in [3.8, 4) is 5.88 Å². The Bertz CT molecular complexity index is 451. The summed E-state index contributed by atoms with van der Waals surface area (Å²) in [7, 11) is 0. The van der Waals surface area contributed by atoms with Crippen LogP contribution in [0.25, 0.3) is 0 Å². The number of rotatable bonds is 5. The minimum absolute atomic E-state index is 0.220. The topological polar surface area (TPSA) is 72.0 Å². The number of nitrogens with two attached hydrogens (primary N) is 1. The van der Waals surface area contributed by atoms with Gasteiger partial charge in [-0.15, -0.1) is 0 Å². The van der Waals surface area contributed by atoms with E-state index in [0.717, 1.165) is 6.07 Å². The van der Waals surface area contributed by atoms with Gasteiger partial charge in [-0.3, -0.25) is 5.41 Å². The van der Waals surface area contributed by atoms with E-state index in [4.69, 9.17) is 11.1 Å². The zero-order valence-electron chi connectivity index (χ0n) is 9.38. The molecule has 0 fully saturated rings. The fraction of sp³-hybridized carbons (Fsp3) is 0.400. The predicted octanol–water partition coefficient (Wildman–Crippen LogP) is 1.95. The van der Waals surface area contributed by atoms with Crippen LogP contribution in [0.3, 0.4) is 0 Å². The monoisotopic (exact) mass is 265 g/mol. The molecule has 4 nitrogen and oxygen atoms in total. The Morgan fingerprint density at radius 1 is 1.50 bits per heavy atom. The number of amidine groups is 1. The second kappa shape index (κ2) is 5.19. The predicted molar refractivity (Wildman–Crippen MR) is 56.4 cm³/mol. The average Bonchev–Trinajstić information content (AvgIpc) is 2.25. The number of halogens is 4. The van der Waals surface area contributed by atoms with E-state index >= 15 is 0 Å². The minimum atomic E-state index is -4.25. The van der Waals surface area contributed by atoms with Gasteiger partial charge in [0.15, 0.2) is 6.61 Å². The molecule has 0 saturated carbocycles. The SMILES string of the molecule is Cc1cc(C(=N)N)cc(OCC(F)(F)C(F)F)n1. The van der Waals surface area contributed by atoms with Crippen molar-refractivity contribution in [2.24, 2.45) is 5.73 Å². The third kappa shape index (κ3) is 3.57. The van der Waals surface area contributed by atoms with E-state index in [2.05, 4.69) is 9.72 Å². The minimum Gasteiger partial charge on any atom is -0.471 e. The largest absolute Gasteiger partial charge is 0.471 e. The highest BCUT2D eigenvalue weighted by atomic mass is 19.3. The molecule has 0 aliphatic heterocycles. The molecule has 0 saturated heterocycles. The molecule has 8 heteroatoms. The summed E-state index contributed by atoms with van der Waals surface area (Å²) in [5, 5.41) is 7.18. The Kier molecular flexibility index (Phi) is 4.10. The van der Waals surface area contributed by atoms with Crippen LogP contribution in [0.4, 0.5) is 17.6 Å². The second-order valence-corrected chi connectivity index (χ2v) is 3.60. The molecule has 3 N–H and O–H groups in total. The molecule has 0 unspecified atom stereocenters. The number of alkyl halides is 4. The summed E-state index contributed by atoms with van der Waals surface area (Å²) in [6, 6.07) is 2.58. The summed E-state index contributed by atoms with van der Waals surface area (Å²) < 4.78 is 53.5. The standard InChI is InChI=1S/C10H11F4N3O/c1-5-2-6(8(15)16)3-7(17-5)18-4-10(13,14)9(11)12/h2-3,9H,4H2,1H3,(H3,15,16). The van der Waals surface area contributed by atoms with Crippen LogP contribution in [0.15, 0.2) is 12.1 Å². The smallest absolute Gasteiger partial charge is 0.340 e. The van der Waals surface area contributed by atoms with Crippen molar-refractivity contribution in [1.29, 1.82) is 5.41 Å². The van der Waals surface area contributed by atoms with Crippen LogP contribution in [0.5, 0.6) is 5.88 Å². The van der Waals surface area contributed by atoms with Crippen LogP contribution < -0.4 is 10.5 Å². The summed E-state index contributed by atoms with van der Waals surface area (Å²) in [6.07, 6.45) is -3.81. The number of nitrogens with one attached hydrogen (secondary N) is 1. The first kappa shape index (κ1) is 14.2. The third-order valence-corrected chi connectivity index (χ3v) is 1.97. The van der Waals surface area contributed by atoms with Crippen molar-refractivity contribution < 1.29 is 22.3 Å².